The highest BCUT2D eigenvalue weighted by Crippen LogP contribution is 2.21. The van der Waals surface area contributed by atoms with Gasteiger partial charge in [-0.25, -0.2) is 0 Å². The zero-order valence-electron chi connectivity index (χ0n) is 15.8. The largest absolute Gasteiger partial charge is 0.355 e. The average Bonchev–Trinajstić information content (AvgIpc) is 2.94. The first-order valence-electron chi connectivity index (χ1n) is 9.94. The number of nitrogens with one attached hydrogen (secondary N) is 1. The van der Waals surface area contributed by atoms with E-state index in [1.54, 1.807) is 0 Å². The fourth-order valence-electron chi connectivity index (χ4n) is 4.10. The van der Waals surface area contributed by atoms with Crippen LogP contribution in [0.5, 0.6) is 0 Å². The van der Waals surface area contributed by atoms with Gasteiger partial charge in [0.05, 0.1) is 6.54 Å². The van der Waals surface area contributed by atoms with Crippen LogP contribution in [0.3, 0.4) is 0 Å². The van der Waals surface area contributed by atoms with Crippen molar-refractivity contribution in [2.24, 2.45) is 0 Å². The van der Waals surface area contributed by atoms with Crippen molar-refractivity contribution in [1.29, 1.82) is 0 Å². The first-order chi connectivity index (χ1) is 12.1. The third-order valence-electron chi connectivity index (χ3n) is 5.64. The summed E-state index contributed by atoms with van der Waals surface area (Å²) in [5.74, 6) is 0.739. The number of fused-ring (bicyclic) bond motifs is 1. The van der Waals surface area contributed by atoms with Crippen molar-refractivity contribution in [1.82, 2.24) is 15.1 Å². The summed E-state index contributed by atoms with van der Waals surface area (Å²) in [6.07, 6.45) is 4.71. The molecule has 0 spiro atoms. The van der Waals surface area contributed by atoms with Gasteiger partial charge in [-0.2, -0.15) is 0 Å². The highest BCUT2D eigenvalue weighted by molar-refractivity contribution is 5.78. The molecule has 3 rings (SSSR count). The Balaban J connectivity index is 1.39. The van der Waals surface area contributed by atoms with E-state index >= 15 is 0 Å². The summed E-state index contributed by atoms with van der Waals surface area (Å²) in [5.41, 5.74) is 2.66. The van der Waals surface area contributed by atoms with E-state index in [9.17, 15) is 4.79 Å². The van der Waals surface area contributed by atoms with Crippen molar-refractivity contribution in [2.45, 2.75) is 51.5 Å². The van der Waals surface area contributed by atoms with Crippen LogP contribution in [0.2, 0.25) is 0 Å². The van der Waals surface area contributed by atoms with E-state index in [4.69, 9.17) is 0 Å². The Morgan fingerprint density at radius 3 is 2.68 bits per heavy atom. The van der Waals surface area contributed by atoms with Gasteiger partial charge in [-0.05, 0) is 62.4 Å². The molecule has 0 bridgehead atoms. The Morgan fingerprint density at radius 2 is 1.92 bits per heavy atom. The molecule has 4 heteroatoms. The normalized spacial score (nSPS) is 22.0. The molecule has 1 aromatic rings. The number of benzene rings is 1. The first kappa shape index (κ1) is 18.4. The number of carbonyl (C=O) groups excluding carboxylic acids is 1. The van der Waals surface area contributed by atoms with E-state index in [-0.39, 0.29) is 5.91 Å². The van der Waals surface area contributed by atoms with Gasteiger partial charge in [-0.15, -0.1) is 0 Å². The van der Waals surface area contributed by atoms with E-state index in [2.05, 4.69) is 53.2 Å². The number of hydrogen-bond donors (Lipinski definition) is 1. The molecule has 1 amide bonds. The lowest BCUT2D eigenvalue weighted by Crippen LogP contribution is -2.42. The van der Waals surface area contributed by atoms with Crippen LogP contribution in [-0.2, 0) is 11.2 Å². The predicted molar refractivity (Wildman–Crippen MR) is 103 cm³/mol. The molecule has 0 aliphatic carbocycles. The summed E-state index contributed by atoms with van der Waals surface area (Å²) in [7, 11) is 0. The van der Waals surface area contributed by atoms with E-state index in [1.165, 1.54) is 43.5 Å². The smallest absolute Gasteiger partial charge is 0.234 e. The van der Waals surface area contributed by atoms with E-state index in [0.29, 0.717) is 18.5 Å². The maximum Gasteiger partial charge on any atom is 0.234 e. The van der Waals surface area contributed by atoms with Crippen LogP contribution < -0.4 is 5.32 Å². The maximum absolute atomic E-state index is 12.3. The van der Waals surface area contributed by atoms with Crippen molar-refractivity contribution in [3.05, 3.63) is 35.4 Å². The fraction of sp³-hybridized carbons (Fsp3) is 0.667. The second kappa shape index (κ2) is 8.81. The highest BCUT2D eigenvalue weighted by Gasteiger charge is 2.29. The molecule has 25 heavy (non-hydrogen) atoms. The lowest BCUT2D eigenvalue weighted by molar-refractivity contribution is -0.122. The molecule has 4 nitrogen and oxygen atoms in total. The van der Waals surface area contributed by atoms with Crippen molar-refractivity contribution < 1.29 is 4.79 Å². The quantitative estimate of drug-likeness (QED) is 0.862. The van der Waals surface area contributed by atoms with Gasteiger partial charge in [0.2, 0.25) is 5.91 Å². The minimum atomic E-state index is 0.172. The predicted octanol–water partition coefficient (Wildman–Crippen LogP) is 2.64. The summed E-state index contributed by atoms with van der Waals surface area (Å²) in [6, 6.07) is 9.45. The number of rotatable bonds is 6. The van der Waals surface area contributed by atoms with Crippen molar-refractivity contribution in [3.63, 3.8) is 0 Å². The molecule has 2 saturated heterocycles. The molecule has 138 valence electrons. The molecule has 2 aliphatic heterocycles. The molecule has 2 fully saturated rings. The highest BCUT2D eigenvalue weighted by atomic mass is 16.2. The van der Waals surface area contributed by atoms with Gasteiger partial charge in [-0.3, -0.25) is 14.6 Å². The molecule has 0 aromatic heterocycles. The van der Waals surface area contributed by atoms with Gasteiger partial charge in [-0.1, -0.05) is 38.1 Å². The Bertz CT molecular complexity index is 555. The Hall–Kier alpha value is -1.39. The molecule has 0 radical (unpaired) electrons. The average molecular weight is 344 g/mol. The van der Waals surface area contributed by atoms with E-state index in [0.717, 1.165) is 26.1 Å². The number of nitrogens with zero attached hydrogens (tertiary/aromatic N) is 2. The third kappa shape index (κ3) is 5.29. The summed E-state index contributed by atoms with van der Waals surface area (Å²) in [6.45, 7) is 10.3. The molecular weight excluding hydrogens is 310 g/mol. The molecule has 2 aliphatic rings. The minimum Gasteiger partial charge on any atom is -0.355 e. The molecule has 1 aromatic carbocycles. The van der Waals surface area contributed by atoms with E-state index < -0.39 is 0 Å². The van der Waals surface area contributed by atoms with Gasteiger partial charge in [0.1, 0.15) is 0 Å². The first-order valence-corrected chi connectivity index (χ1v) is 9.94. The zero-order chi connectivity index (χ0) is 17.6. The van der Waals surface area contributed by atoms with Gasteiger partial charge >= 0.3 is 0 Å². The standard InChI is InChI=1S/C21H33N3O/c1-17(2)19-8-6-18(7-9-19)10-11-22-21(25)16-23-12-4-14-24-13-3-5-20(24)15-23/h6-9,17,20H,3-5,10-16H2,1-2H3,(H,22,25). The topological polar surface area (TPSA) is 35.6 Å². The zero-order valence-corrected chi connectivity index (χ0v) is 15.8. The van der Waals surface area contributed by atoms with Crippen molar-refractivity contribution in [2.75, 3.05) is 39.3 Å². The summed E-state index contributed by atoms with van der Waals surface area (Å²) in [4.78, 5) is 17.2. The summed E-state index contributed by atoms with van der Waals surface area (Å²) in [5, 5.41) is 3.10. The van der Waals surface area contributed by atoms with Crippen LogP contribution in [0.15, 0.2) is 24.3 Å². The maximum atomic E-state index is 12.3. The fourth-order valence-corrected chi connectivity index (χ4v) is 4.10. The van der Waals surface area contributed by atoms with Crippen LogP contribution in [0, 0.1) is 0 Å². The summed E-state index contributed by atoms with van der Waals surface area (Å²) >= 11 is 0. The van der Waals surface area contributed by atoms with Crippen molar-refractivity contribution >= 4 is 5.91 Å². The SMILES string of the molecule is CC(C)c1ccc(CCNC(=O)CN2CCCN3CCCC3C2)cc1. The Morgan fingerprint density at radius 1 is 1.16 bits per heavy atom. The van der Waals surface area contributed by atoms with Gasteiger partial charge in [0.25, 0.3) is 0 Å². The van der Waals surface area contributed by atoms with Crippen LogP contribution in [0.4, 0.5) is 0 Å². The molecule has 2 heterocycles. The second-order valence-electron chi connectivity index (χ2n) is 7.92. The third-order valence-corrected chi connectivity index (χ3v) is 5.64. The minimum absolute atomic E-state index is 0.172. The van der Waals surface area contributed by atoms with Crippen LogP contribution in [0.25, 0.3) is 0 Å². The molecule has 1 unspecified atom stereocenters. The number of amides is 1. The molecule has 0 saturated carbocycles. The summed E-state index contributed by atoms with van der Waals surface area (Å²) < 4.78 is 0. The van der Waals surface area contributed by atoms with Gasteiger partial charge in [0, 0.05) is 19.1 Å². The number of carbonyl (C=O) groups is 1. The Kier molecular flexibility index (Phi) is 6.49. The van der Waals surface area contributed by atoms with Crippen molar-refractivity contribution in [3.8, 4) is 0 Å². The van der Waals surface area contributed by atoms with E-state index in [1.807, 2.05) is 0 Å². The number of hydrogen-bond acceptors (Lipinski definition) is 3. The lowest BCUT2D eigenvalue weighted by atomic mass is 10.0. The van der Waals surface area contributed by atoms with Gasteiger partial charge in [0.15, 0.2) is 0 Å². The molecule has 1 atom stereocenters. The molecule has 1 N–H and O–H groups in total. The van der Waals surface area contributed by atoms with Gasteiger partial charge < -0.3 is 5.32 Å². The second-order valence-corrected chi connectivity index (χ2v) is 7.92. The lowest BCUT2D eigenvalue weighted by Gasteiger charge is -2.25. The Labute approximate surface area is 152 Å². The molecular formula is C21H33N3O. The monoisotopic (exact) mass is 343 g/mol. The van der Waals surface area contributed by atoms with Crippen LogP contribution in [0.1, 0.15) is 50.2 Å². The van der Waals surface area contributed by atoms with Crippen LogP contribution >= 0.6 is 0 Å². The van der Waals surface area contributed by atoms with Crippen LogP contribution in [-0.4, -0.2) is 61.0 Å².